The molecule has 1 fully saturated rings. The van der Waals surface area contributed by atoms with Crippen molar-refractivity contribution in [3.8, 4) is 0 Å². The van der Waals surface area contributed by atoms with Gasteiger partial charge in [0.25, 0.3) is 0 Å². The minimum atomic E-state index is -3.66. The average Bonchev–Trinajstić information content (AvgIpc) is 2.58. The summed E-state index contributed by atoms with van der Waals surface area (Å²) >= 11 is 0. The molecule has 0 heterocycles. The molecule has 1 aliphatic rings. The zero-order valence-corrected chi connectivity index (χ0v) is 8.31. The second-order valence-electron chi connectivity index (χ2n) is 4.37. The second kappa shape index (κ2) is 3.46. The highest BCUT2D eigenvalue weighted by atomic mass is 19.3. The first-order valence-corrected chi connectivity index (χ1v) is 4.60. The van der Waals surface area contributed by atoms with E-state index in [1.165, 1.54) is 0 Å². The van der Waals surface area contributed by atoms with Crippen molar-refractivity contribution in [3.63, 3.8) is 0 Å². The molecular formula is C9H15F2NO2. The van der Waals surface area contributed by atoms with Crippen LogP contribution in [0.25, 0.3) is 0 Å². The third kappa shape index (κ3) is 2.41. The molecule has 82 valence electrons. The fraction of sp³-hybridized carbons (Fsp3) is 0.889. The van der Waals surface area contributed by atoms with Crippen LogP contribution < -0.4 is 5.32 Å². The fourth-order valence-electron chi connectivity index (χ4n) is 1.47. The zero-order valence-electron chi connectivity index (χ0n) is 8.31. The van der Waals surface area contributed by atoms with Crippen molar-refractivity contribution in [2.45, 2.75) is 26.2 Å². The van der Waals surface area contributed by atoms with Crippen LogP contribution in [0, 0.1) is 11.3 Å². The van der Waals surface area contributed by atoms with Gasteiger partial charge in [0.1, 0.15) is 0 Å². The van der Waals surface area contributed by atoms with Gasteiger partial charge < -0.3 is 10.4 Å². The molecule has 2 unspecified atom stereocenters. The van der Waals surface area contributed by atoms with Crippen LogP contribution in [0.2, 0.25) is 0 Å². The van der Waals surface area contributed by atoms with Crippen LogP contribution in [-0.2, 0) is 4.79 Å². The number of halogens is 2. The predicted octanol–water partition coefficient (Wildman–Crippen LogP) is 1.34. The minimum absolute atomic E-state index is 0.0780. The second-order valence-corrected chi connectivity index (χ2v) is 4.37. The number of carboxylic acid groups (broad SMARTS) is 1. The Bertz CT molecular complexity index is 245. The summed E-state index contributed by atoms with van der Waals surface area (Å²) in [5.74, 6) is -5.19. The van der Waals surface area contributed by atoms with Crippen molar-refractivity contribution >= 4 is 5.97 Å². The number of rotatable bonds is 5. The Kier molecular flexibility index (Phi) is 2.81. The summed E-state index contributed by atoms with van der Waals surface area (Å²) in [5, 5.41) is 10.7. The monoisotopic (exact) mass is 207 g/mol. The largest absolute Gasteiger partial charge is 0.477 e. The Balaban J connectivity index is 2.25. The highest BCUT2D eigenvalue weighted by Gasteiger charge is 2.47. The molecule has 2 N–H and O–H groups in total. The average molecular weight is 207 g/mol. The van der Waals surface area contributed by atoms with Gasteiger partial charge in [0, 0.05) is 6.54 Å². The Morgan fingerprint density at radius 1 is 1.71 bits per heavy atom. The first-order valence-electron chi connectivity index (χ1n) is 4.60. The molecule has 1 aliphatic carbocycles. The lowest BCUT2D eigenvalue weighted by Crippen LogP contribution is -2.41. The van der Waals surface area contributed by atoms with Crippen LogP contribution in [0.3, 0.4) is 0 Å². The van der Waals surface area contributed by atoms with E-state index in [2.05, 4.69) is 12.2 Å². The maximum absolute atomic E-state index is 12.6. The van der Waals surface area contributed by atoms with E-state index in [1.807, 2.05) is 6.92 Å². The van der Waals surface area contributed by atoms with Crippen LogP contribution in [0.4, 0.5) is 8.78 Å². The Morgan fingerprint density at radius 3 is 2.57 bits per heavy atom. The third-order valence-corrected chi connectivity index (χ3v) is 2.99. The van der Waals surface area contributed by atoms with Crippen molar-refractivity contribution in [1.29, 1.82) is 0 Å². The van der Waals surface area contributed by atoms with E-state index >= 15 is 0 Å². The van der Waals surface area contributed by atoms with Gasteiger partial charge in [0.15, 0.2) is 0 Å². The molecule has 0 aliphatic heterocycles. The third-order valence-electron chi connectivity index (χ3n) is 2.99. The Morgan fingerprint density at radius 2 is 2.21 bits per heavy atom. The van der Waals surface area contributed by atoms with Gasteiger partial charge in [-0.05, 0) is 17.8 Å². The molecule has 3 nitrogen and oxygen atoms in total. The van der Waals surface area contributed by atoms with Crippen LogP contribution in [0.5, 0.6) is 0 Å². The molecule has 0 aromatic carbocycles. The first kappa shape index (κ1) is 11.4. The molecule has 0 aromatic rings. The molecule has 14 heavy (non-hydrogen) atoms. The standard InChI is InChI=1S/C9H15F2NO2/c1-6-3-8(6,2)4-12-5-9(10,11)7(13)14/h6,12H,3-5H2,1-2H3,(H,13,14). The topological polar surface area (TPSA) is 49.3 Å². The smallest absolute Gasteiger partial charge is 0.375 e. The van der Waals surface area contributed by atoms with E-state index in [0.29, 0.717) is 12.5 Å². The van der Waals surface area contributed by atoms with Crippen molar-refractivity contribution in [2.24, 2.45) is 11.3 Å². The molecule has 0 amide bonds. The Labute approximate surface area is 81.5 Å². The van der Waals surface area contributed by atoms with E-state index in [1.54, 1.807) is 0 Å². The lowest BCUT2D eigenvalue weighted by molar-refractivity contribution is -0.164. The molecule has 1 saturated carbocycles. The number of hydrogen-bond donors (Lipinski definition) is 2. The van der Waals surface area contributed by atoms with Gasteiger partial charge in [0.2, 0.25) is 0 Å². The SMILES string of the molecule is CC1CC1(C)CNCC(F)(F)C(=O)O. The molecular weight excluding hydrogens is 192 g/mol. The molecule has 1 rings (SSSR count). The van der Waals surface area contributed by atoms with Crippen LogP contribution >= 0.6 is 0 Å². The van der Waals surface area contributed by atoms with E-state index in [4.69, 9.17) is 5.11 Å². The lowest BCUT2D eigenvalue weighted by Gasteiger charge is -2.15. The highest BCUT2D eigenvalue weighted by Crippen LogP contribution is 2.51. The van der Waals surface area contributed by atoms with Crippen molar-refractivity contribution in [2.75, 3.05) is 13.1 Å². The highest BCUT2D eigenvalue weighted by molar-refractivity contribution is 5.75. The van der Waals surface area contributed by atoms with Gasteiger partial charge in [-0.15, -0.1) is 0 Å². The quantitative estimate of drug-likeness (QED) is 0.715. The van der Waals surface area contributed by atoms with E-state index < -0.39 is 18.4 Å². The summed E-state index contributed by atoms with van der Waals surface area (Å²) in [5.41, 5.74) is 0.0780. The number of hydrogen-bond acceptors (Lipinski definition) is 2. The Hall–Kier alpha value is -0.710. The van der Waals surface area contributed by atoms with E-state index in [-0.39, 0.29) is 5.41 Å². The zero-order chi connectivity index (χ0) is 11.0. The predicted molar refractivity (Wildman–Crippen MR) is 47.3 cm³/mol. The van der Waals surface area contributed by atoms with Crippen LogP contribution in [0.15, 0.2) is 0 Å². The number of carbonyl (C=O) groups is 1. The summed E-state index contributed by atoms with van der Waals surface area (Å²) in [7, 11) is 0. The maximum Gasteiger partial charge on any atom is 0.375 e. The normalized spacial score (nSPS) is 31.6. The van der Waals surface area contributed by atoms with Gasteiger partial charge in [-0.2, -0.15) is 8.78 Å². The summed E-state index contributed by atoms with van der Waals surface area (Å²) in [4.78, 5) is 10.1. The van der Waals surface area contributed by atoms with Crippen LogP contribution in [0.1, 0.15) is 20.3 Å². The molecule has 0 saturated heterocycles. The molecule has 2 atom stereocenters. The van der Waals surface area contributed by atoms with Crippen molar-refractivity contribution < 1.29 is 18.7 Å². The lowest BCUT2D eigenvalue weighted by atomic mass is 10.1. The van der Waals surface area contributed by atoms with Gasteiger partial charge in [-0.25, -0.2) is 4.79 Å². The molecule has 0 spiro atoms. The molecule has 0 radical (unpaired) electrons. The van der Waals surface area contributed by atoms with Gasteiger partial charge in [0.05, 0.1) is 6.54 Å². The molecule has 0 aromatic heterocycles. The van der Waals surface area contributed by atoms with E-state index in [0.717, 1.165) is 6.42 Å². The number of aliphatic carboxylic acids is 1. The molecule has 5 heteroatoms. The van der Waals surface area contributed by atoms with Crippen LogP contribution in [-0.4, -0.2) is 30.1 Å². The first-order chi connectivity index (χ1) is 6.28. The van der Waals surface area contributed by atoms with Crippen molar-refractivity contribution in [1.82, 2.24) is 5.32 Å². The summed E-state index contributed by atoms with van der Waals surface area (Å²) < 4.78 is 25.2. The summed E-state index contributed by atoms with van der Waals surface area (Å²) in [6.45, 7) is 3.72. The summed E-state index contributed by atoms with van der Waals surface area (Å²) in [6.07, 6.45) is 1.01. The molecule has 0 bridgehead atoms. The maximum atomic E-state index is 12.6. The van der Waals surface area contributed by atoms with Gasteiger partial charge in [-0.1, -0.05) is 13.8 Å². The summed E-state index contributed by atoms with van der Waals surface area (Å²) in [6, 6.07) is 0. The van der Waals surface area contributed by atoms with Gasteiger partial charge in [-0.3, -0.25) is 0 Å². The van der Waals surface area contributed by atoms with Gasteiger partial charge >= 0.3 is 11.9 Å². The van der Waals surface area contributed by atoms with E-state index in [9.17, 15) is 13.6 Å². The number of alkyl halides is 2. The fourth-order valence-corrected chi connectivity index (χ4v) is 1.47. The number of nitrogens with one attached hydrogen (secondary N) is 1. The van der Waals surface area contributed by atoms with Crippen molar-refractivity contribution in [3.05, 3.63) is 0 Å². The minimum Gasteiger partial charge on any atom is -0.477 e. The number of carboxylic acids is 1.